The van der Waals surface area contributed by atoms with Crippen molar-refractivity contribution in [3.63, 3.8) is 0 Å². The number of hydrogen-bond acceptors (Lipinski definition) is 5. The first-order valence-corrected chi connectivity index (χ1v) is 8.96. The van der Waals surface area contributed by atoms with Gasteiger partial charge in [0, 0.05) is 11.4 Å². The highest BCUT2D eigenvalue weighted by molar-refractivity contribution is 6.31. The number of rotatable bonds is 5. The maximum absolute atomic E-state index is 13.9. The Labute approximate surface area is 166 Å². The molecule has 1 fully saturated rings. The Balaban J connectivity index is 1.87. The molecule has 0 aromatic heterocycles. The van der Waals surface area contributed by atoms with E-state index in [-0.39, 0.29) is 24.3 Å². The van der Waals surface area contributed by atoms with Gasteiger partial charge in [-0.3, -0.25) is 4.79 Å². The van der Waals surface area contributed by atoms with Gasteiger partial charge >= 0.3 is 5.97 Å². The van der Waals surface area contributed by atoms with Crippen molar-refractivity contribution >= 4 is 23.5 Å². The number of likely N-dealkylation sites (tertiary alicyclic amines) is 1. The zero-order valence-corrected chi connectivity index (χ0v) is 16.1. The minimum absolute atomic E-state index is 0.0609. The van der Waals surface area contributed by atoms with Crippen LogP contribution in [0.4, 0.5) is 4.39 Å². The van der Waals surface area contributed by atoms with E-state index in [0.29, 0.717) is 10.8 Å². The SMILES string of the molecule is COC(=O)[C@@H]1C[C@H](Oc2ccccc2F)CN1C(=O)c1cc(Cl)ccc1OC. The number of hydrogen-bond donors (Lipinski definition) is 0. The van der Waals surface area contributed by atoms with Crippen LogP contribution < -0.4 is 9.47 Å². The van der Waals surface area contributed by atoms with Crippen molar-refractivity contribution < 1.29 is 28.2 Å². The van der Waals surface area contributed by atoms with Gasteiger partial charge in [0.05, 0.1) is 26.3 Å². The maximum Gasteiger partial charge on any atom is 0.328 e. The van der Waals surface area contributed by atoms with Crippen LogP contribution in [0.3, 0.4) is 0 Å². The van der Waals surface area contributed by atoms with Gasteiger partial charge in [-0.05, 0) is 30.3 Å². The molecule has 0 saturated carbocycles. The Hall–Kier alpha value is -2.80. The first-order valence-electron chi connectivity index (χ1n) is 8.58. The zero-order valence-electron chi connectivity index (χ0n) is 15.4. The molecule has 0 unspecified atom stereocenters. The smallest absolute Gasteiger partial charge is 0.328 e. The normalized spacial score (nSPS) is 18.6. The van der Waals surface area contributed by atoms with Crippen LogP contribution in [-0.2, 0) is 9.53 Å². The van der Waals surface area contributed by atoms with Crippen LogP contribution in [0, 0.1) is 5.82 Å². The highest BCUT2D eigenvalue weighted by atomic mass is 35.5. The van der Waals surface area contributed by atoms with Gasteiger partial charge in [0.2, 0.25) is 0 Å². The maximum atomic E-state index is 13.9. The number of ether oxygens (including phenoxy) is 3. The highest BCUT2D eigenvalue weighted by Gasteiger charge is 2.42. The minimum atomic E-state index is -0.863. The van der Waals surface area contributed by atoms with Crippen LogP contribution in [0.1, 0.15) is 16.8 Å². The molecule has 3 rings (SSSR count). The Morgan fingerprint density at radius 1 is 1.14 bits per heavy atom. The lowest BCUT2D eigenvalue weighted by atomic mass is 10.1. The van der Waals surface area contributed by atoms with Crippen molar-refractivity contribution in [2.75, 3.05) is 20.8 Å². The molecule has 0 aliphatic carbocycles. The number of carbonyl (C=O) groups is 2. The summed E-state index contributed by atoms with van der Waals surface area (Å²) in [5, 5.41) is 0.358. The standard InChI is InChI=1S/C20H19ClFNO5/c1-26-17-8-7-12(21)9-14(17)19(24)23-11-13(10-16(23)20(25)27-2)28-18-6-4-3-5-15(18)22/h3-9,13,16H,10-11H2,1-2H3/t13-,16-/m0/s1. The van der Waals surface area contributed by atoms with Crippen LogP contribution in [0.25, 0.3) is 0 Å². The molecule has 2 aromatic rings. The van der Waals surface area contributed by atoms with E-state index in [0.717, 1.165) is 0 Å². The summed E-state index contributed by atoms with van der Waals surface area (Å²) in [5.41, 5.74) is 0.218. The lowest BCUT2D eigenvalue weighted by molar-refractivity contribution is -0.145. The van der Waals surface area contributed by atoms with Crippen molar-refractivity contribution in [1.82, 2.24) is 4.90 Å². The summed E-state index contributed by atoms with van der Waals surface area (Å²) in [7, 11) is 2.68. The van der Waals surface area contributed by atoms with Gasteiger partial charge in [0.25, 0.3) is 5.91 Å². The van der Waals surface area contributed by atoms with E-state index in [1.807, 2.05) is 0 Å². The first kappa shape index (κ1) is 19.9. The molecular formula is C20H19ClFNO5. The lowest BCUT2D eigenvalue weighted by Crippen LogP contribution is -2.41. The van der Waals surface area contributed by atoms with Gasteiger partial charge in [0.1, 0.15) is 17.9 Å². The molecule has 0 bridgehead atoms. The van der Waals surface area contributed by atoms with Crippen molar-refractivity contribution in [2.45, 2.75) is 18.6 Å². The highest BCUT2D eigenvalue weighted by Crippen LogP contribution is 2.30. The number of amides is 1. The average Bonchev–Trinajstić information content (AvgIpc) is 3.12. The number of para-hydroxylation sites is 1. The van der Waals surface area contributed by atoms with Gasteiger partial charge in [0.15, 0.2) is 11.6 Å². The quantitative estimate of drug-likeness (QED) is 0.711. The number of methoxy groups -OCH3 is 2. The van der Waals surface area contributed by atoms with E-state index in [9.17, 15) is 14.0 Å². The molecule has 28 heavy (non-hydrogen) atoms. The molecule has 6 nitrogen and oxygen atoms in total. The lowest BCUT2D eigenvalue weighted by Gasteiger charge is -2.23. The number of halogens is 2. The van der Waals surface area contributed by atoms with Crippen LogP contribution >= 0.6 is 11.6 Å². The van der Waals surface area contributed by atoms with Crippen molar-refractivity contribution in [1.29, 1.82) is 0 Å². The fourth-order valence-electron chi connectivity index (χ4n) is 3.19. The summed E-state index contributed by atoms with van der Waals surface area (Å²) in [6, 6.07) is 9.75. The van der Waals surface area contributed by atoms with Gasteiger partial charge < -0.3 is 19.1 Å². The van der Waals surface area contributed by atoms with Crippen LogP contribution in [0.2, 0.25) is 5.02 Å². The summed E-state index contributed by atoms with van der Waals surface area (Å²) < 4.78 is 29.7. The Bertz CT molecular complexity index is 891. The van der Waals surface area contributed by atoms with E-state index >= 15 is 0 Å². The second-order valence-electron chi connectivity index (χ2n) is 6.25. The van der Waals surface area contributed by atoms with E-state index in [1.54, 1.807) is 24.3 Å². The fraction of sp³-hybridized carbons (Fsp3) is 0.300. The van der Waals surface area contributed by atoms with Gasteiger partial charge in [-0.25, -0.2) is 9.18 Å². The minimum Gasteiger partial charge on any atom is -0.496 e. The fourth-order valence-corrected chi connectivity index (χ4v) is 3.36. The van der Waals surface area contributed by atoms with Crippen molar-refractivity contribution in [3.8, 4) is 11.5 Å². The molecule has 1 heterocycles. The summed E-state index contributed by atoms with van der Waals surface area (Å²) in [5.74, 6) is -1.15. The van der Waals surface area contributed by atoms with Crippen molar-refractivity contribution in [2.24, 2.45) is 0 Å². The first-order chi connectivity index (χ1) is 13.4. The monoisotopic (exact) mass is 407 g/mol. The number of carbonyl (C=O) groups excluding carboxylic acids is 2. The molecule has 1 amide bonds. The third-order valence-corrected chi connectivity index (χ3v) is 4.75. The Kier molecular flexibility index (Phi) is 6.04. The Morgan fingerprint density at radius 3 is 2.57 bits per heavy atom. The average molecular weight is 408 g/mol. The number of esters is 1. The molecule has 148 valence electrons. The van der Waals surface area contributed by atoms with E-state index < -0.39 is 29.8 Å². The summed E-state index contributed by atoms with van der Waals surface area (Å²) in [4.78, 5) is 26.7. The second-order valence-corrected chi connectivity index (χ2v) is 6.68. The van der Waals surface area contributed by atoms with Gasteiger partial charge in [-0.15, -0.1) is 0 Å². The number of benzene rings is 2. The largest absolute Gasteiger partial charge is 0.496 e. The third-order valence-electron chi connectivity index (χ3n) is 4.52. The van der Waals surface area contributed by atoms with Gasteiger partial charge in [-0.2, -0.15) is 0 Å². The zero-order chi connectivity index (χ0) is 20.3. The molecule has 1 aliphatic rings. The van der Waals surface area contributed by atoms with Crippen LogP contribution in [0.15, 0.2) is 42.5 Å². The summed E-state index contributed by atoms with van der Waals surface area (Å²) >= 11 is 6.02. The molecule has 0 spiro atoms. The Morgan fingerprint density at radius 2 is 1.89 bits per heavy atom. The molecule has 1 aliphatic heterocycles. The summed E-state index contributed by atoms with van der Waals surface area (Å²) in [6.45, 7) is 0.0859. The van der Waals surface area contributed by atoms with Crippen LogP contribution in [-0.4, -0.2) is 49.7 Å². The number of nitrogens with zero attached hydrogens (tertiary/aromatic N) is 1. The topological polar surface area (TPSA) is 65.1 Å². The second kappa shape index (κ2) is 8.48. The van der Waals surface area contributed by atoms with E-state index in [4.69, 9.17) is 25.8 Å². The molecule has 2 aromatic carbocycles. The predicted molar refractivity (Wildman–Crippen MR) is 100 cm³/mol. The van der Waals surface area contributed by atoms with Crippen LogP contribution in [0.5, 0.6) is 11.5 Å². The van der Waals surface area contributed by atoms with E-state index in [2.05, 4.69) is 0 Å². The molecule has 1 saturated heterocycles. The van der Waals surface area contributed by atoms with Gasteiger partial charge in [-0.1, -0.05) is 23.7 Å². The third kappa shape index (κ3) is 4.04. The predicted octanol–water partition coefficient (Wildman–Crippen LogP) is 3.32. The molecule has 2 atom stereocenters. The molecule has 8 heteroatoms. The summed E-state index contributed by atoms with van der Waals surface area (Å²) in [6.07, 6.45) is -0.398. The van der Waals surface area contributed by atoms with E-state index in [1.165, 1.54) is 37.3 Å². The van der Waals surface area contributed by atoms with Crippen molar-refractivity contribution in [3.05, 3.63) is 58.9 Å². The molecule has 0 radical (unpaired) electrons. The molecular weight excluding hydrogens is 389 g/mol. The molecule has 0 N–H and O–H groups in total.